The van der Waals surface area contributed by atoms with Gasteiger partial charge in [0.25, 0.3) is 0 Å². The van der Waals surface area contributed by atoms with Crippen LogP contribution in [0.25, 0.3) is 11.6 Å². The van der Waals surface area contributed by atoms with Crippen LogP contribution in [0.15, 0.2) is 16.9 Å². The van der Waals surface area contributed by atoms with E-state index in [-0.39, 0.29) is 6.04 Å². The molecule has 6 nitrogen and oxygen atoms in total. The highest BCUT2D eigenvalue weighted by Crippen LogP contribution is 2.36. The van der Waals surface area contributed by atoms with E-state index in [1.54, 1.807) is 12.4 Å². The summed E-state index contributed by atoms with van der Waals surface area (Å²) < 4.78 is 5.42. The Bertz CT molecular complexity index is 564. The number of hydrogen-bond acceptors (Lipinski definition) is 5. The van der Waals surface area contributed by atoms with Crippen molar-refractivity contribution in [2.45, 2.75) is 50.6 Å². The van der Waals surface area contributed by atoms with Crippen molar-refractivity contribution in [3.05, 3.63) is 18.3 Å². The van der Waals surface area contributed by atoms with E-state index in [2.05, 4.69) is 25.4 Å². The molecule has 1 saturated heterocycles. The molecule has 0 aromatic carbocycles. The molecular weight excluding hydrogens is 254 g/mol. The molecule has 0 radical (unpaired) electrons. The summed E-state index contributed by atoms with van der Waals surface area (Å²) in [5, 5.41) is 7.72. The lowest BCUT2D eigenvalue weighted by molar-refractivity contribution is 0.158. The maximum Gasteiger partial charge on any atom is 0.244 e. The van der Waals surface area contributed by atoms with E-state index in [0.29, 0.717) is 23.6 Å². The van der Waals surface area contributed by atoms with Gasteiger partial charge in [0, 0.05) is 18.4 Å². The van der Waals surface area contributed by atoms with Gasteiger partial charge < -0.3 is 14.8 Å². The fourth-order valence-electron chi connectivity index (χ4n) is 3.55. The average molecular weight is 273 g/mol. The minimum Gasteiger partial charge on any atom is -0.342 e. The summed E-state index contributed by atoms with van der Waals surface area (Å²) in [4.78, 5) is 11.6. The van der Waals surface area contributed by atoms with Crippen molar-refractivity contribution in [3.8, 4) is 11.6 Å². The molecule has 20 heavy (non-hydrogen) atoms. The Morgan fingerprint density at radius 1 is 1.15 bits per heavy atom. The third-order valence-corrected chi connectivity index (χ3v) is 4.60. The fourth-order valence-corrected chi connectivity index (χ4v) is 3.55. The number of aromatic amines is 1. The van der Waals surface area contributed by atoms with Crippen LogP contribution < -0.4 is 5.32 Å². The maximum atomic E-state index is 5.42. The van der Waals surface area contributed by atoms with Crippen LogP contribution in [-0.2, 0) is 0 Å². The molecule has 1 aliphatic carbocycles. The van der Waals surface area contributed by atoms with Gasteiger partial charge in [-0.3, -0.25) is 0 Å². The SMILES string of the molecule is c1c[nH]c(-c2noc(C3CCC4CCCCC4N3)n2)n1. The lowest BCUT2D eigenvalue weighted by Crippen LogP contribution is -2.44. The van der Waals surface area contributed by atoms with Crippen LogP contribution in [-0.4, -0.2) is 26.2 Å². The number of H-pyrrole nitrogens is 1. The van der Waals surface area contributed by atoms with Gasteiger partial charge in [-0.15, -0.1) is 0 Å². The van der Waals surface area contributed by atoms with Crippen molar-refractivity contribution in [1.82, 2.24) is 25.4 Å². The number of imidazole rings is 1. The minimum atomic E-state index is 0.200. The molecule has 6 heteroatoms. The molecule has 0 spiro atoms. The summed E-state index contributed by atoms with van der Waals surface area (Å²) in [6, 6.07) is 0.826. The van der Waals surface area contributed by atoms with Crippen LogP contribution in [0.4, 0.5) is 0 Å². The highest BCUT2D eigenvalue weighted by atomic mass is 16.5. The maximum absolute atomic E-state index is 5.42. The van der Waals surface area contributed by atoms with Gasteiger partial charge in [-0.2, -0.15) is 4.98 Å². The van der Waals surface area contributed by atoms with Crippen LogP contribution in [0.3, 0.4) is 0 Å². The molecule has 3 heterocycles. The fraction of sp³-hybridized carbons (Fsp3) is 0.643. The molecule has 0 amide bonds. The first-order valence-electron chi connectivity index (χ1n) is 7.49. The molecule has 3 unspecified atom stereocenters. The zero-order chi connectivity index (χ0) is 13.4. The first-order valence-corrected chi connectivity index (χ1v) is 7.49. The van der Waals surface area contributed by atoms with Gasteiger partial charge in [0.2, 0.25) is 11.7 Å². The van der Waals surface area contributed by atoms with Crippen molar-refractivity contribution in [2.24, 2.45) is 5.92 Å². The van der Waals surface area contributed by atoms with Crippen LogP contribution in [0, 0.1) is 5.92 Å². The summed E-state index contributed by atoms with van der Waals surface area (Å²) >= 11 is 0. The third-order valence-electron chi connectivity index (χ3n) is 4.60. The Balaban J connectivity index is 1.50. The topological polar surface area (TPSA) is 79.6 Å². The Hall–Kier alpha value is -1.69. The zero-order valence-corrected chi connectivity index (χ0v) is 11.4. The second-order valence-electron chi connectivity index (χ2n) is 5.84. The standard InChI is InChI=1S/C14H19N5O/c1-2-4-10-9(3-1)5-6-11(17-10)14-18-13(19-20-14)12-15-7-8-16-12/h7-11,17H,1-6H2,(H,15,16). The monoisotopic (exact) mass is 273 g/mol. The second kappa shape index (κ2) is 5.01. The molecule has 2 aromatic rings. The van der Waals surface area contributed by atoms with E-state index >= 15 is 0 Å². The van der Waals surface area contributed by atoms with Crippen LogP contribution >= 0.6 is 0 Å². The van der Waals surface area contributed by atoms with E-state index in [1.165, 1.54) is 32.1 Å². The van der Waals surface area contributed by atoms with Crippen molar-refractivity contribution in [2.75, 3.05) is 0 Å². The summed E-state index contributed by atoms with van der Waals surface area (Å²) in [5.74, 6) is 2.73. The second-order valence-corrected chi connectivity index (χ2v) is 5.84. The van der Waals surface area contributed by atoms with E-state index < -0.39 is 0 Å². The smallest absolute Gasteiger partial charge is 0.244 e. The number of hydrogen-bond donors (Lipinski definition) is 2. The number of nitrogens with zero attached hydrogens (tertiary/aromatic N) is 3. The van der Waals surface area contributed by atoms with Crippen LogP contribution in [0.2, 0.25) is 0 Å². The molecule has 0 bridgehead atoms. The normalized spacial score (nSPS) is 30.1. The van der Waals surface area contributed by atoms with Gasteiger partial charge >= 0.3 is 0 Å². The molecule has 2 aliphatic rings. The van der Waals surface area contributed by atoms with Gasteiger partial charge in [0.1, 0.15) is 0 Å². The van der Waals surface area contributed by atoms with Crippen LogP contribution in [0.5, 0.6) is 0 Å². The van der Waals surface area contributed by atoms with Crippen molar-refractivity contribution in [3.63, 3.8) is 0 Å². The average Bonchev–Trinajstić information content (AvgIpc) is 3.17. The van der Waals surface area contributed by atoms with E-state index in [4.69, 9.17) is 4.52 Å². The predicted octanol–water partition coefficient (Wildman–Crippen LogP) is 2.44. The predicted molar refractivity (Wildman–Crippen MR) is 72.7 cm³/mol. The molecule has 2 N–H and O–H groups in total. The third kappa shape index (κ3) is 2.14. The molecule has 1 saturated carbocycles. The highest BCUT2D eigenvalue weighted by Gasteiger charge is 2.34. The van der Waals surface area contributed by atoms with E-state index in [9.17, 15) is 0 Å². The molecule has 2 fully saturated rings. The van der Waals surface area contributed by atoms with Gasteiger partial charge in [0.05, 0.1) is 6.04 Å². The largest absolute Gasteiger partial charge is 0.342 e. The Kier molecular flexibility index (Phi) is 3.03. The van der Waals surface area contributed by atoms with Gasteiger partial charge in [0.15, 0.2) is 5.82 Å². The van der Waals surface area contributed by atoms with Gasteiger partial charge in [-0.1, -0.05) is 18.0 Å². The number of piperidine rings is 1. The molecular formula is C14H19N5O. The summed E-state index contributed by atoms with van der Waals surface area (Å²) in [7, 11) is 0. The first-order chi connectivity index (χ1) is 9.90. The molecule has 106 valence electrons. The van der Waals surface area contributed by atoms with Gasteiger partial charge in [-0.25, -0.2) is 4.98 Å². The summed E-state index contributed by atoms with van der Waals surface area (Å²) in [6.45, 7) is 0. The summed E-state index contributed by atoms with van der Waals surface area (Å²) in [5.41, 5.74) is 0. The molecule has 3 atom stereocenters. The number of aromatic nitrogens is 4. The molecule has 1 aliphatic heterocycles. The quantitative estimate of drug-likeness (QED) is 0.878. The number of rotatable bonds is 2. The Labute approximate surface area is 117 Å². The van der Waals surface area contributed by atoms with E-state index in [1.807, 2.05) is 0 Å². The van der Waals surface area contributed by atoms with Crippen molar-refractivity contribution >= 4 is 0 Å². The molecule has 4 rings (SSSR count). The Morgan fingerprint density at radius 3 is 3.00 bits per heavy atom. The van der Waals surface area contributed by atoms with Gasteiger partial charge in [-0.05, 0) is 31.6 Å². The van der Waals surface area contributed by atoms with Crippen molar-refractivity contribution < 1.29 is 4.52 Å². The minimum absolute atomic E-state index is 0.200. The number of nitrogens with one attached hydrogen (secondary N) is 2. The van der Waals surface area contributed by atoms with Crippen molar-refractivity contribution in [1.29, 1.82) is 0 Å². The number of fused-ring (bicyclic) bond motifs is 1. The lowest BCUT2D eigenvalue weighted by atomic mass is 9.78. The molecule has 2 aromatic heterocycles. The lowest BCUT2D eigenvalue weighted by Gasteiger charge is -2.39. The Morgan fingerprint density at radius 2 is 2.10 bits per heavy atom. The first kappa shape index (κ1) is 12.1. The highest BCUT2D eigenvalue weighted by molar-refractivity contribution is 5.40. The zero-order valence-electron chi connectivity index (χ0n) is 11.4. The summed E-state index contributed by atoms with van der Waals surface area (Å²) in [6.07, 6.45) is 11.2. The van der Waals surface area contributed by atoms with Crippen LogP contribution in [0.1, 0.15) is 50.5 Å². The van der Waals surface area contributed by atoms with E-state index in [0.717, 1.165) is 12.3 Å².